The van der Waals surface area contributed by atoms with Gasteiger partial charge in [-0.25, -0.2) is 4.39 Å². The highest BCUT2D eigenvalue weighted by molar-refractivity contribution is 6.12. The maximum Gasteiger partial charge on any atom is 0.255 e. The van der Waals surface area contributed by atoms with E-state index in [4.69, 9.17) is 14.9 Å². The molecule has 0 spiro atoms. The normalized spacial score (nSPS) is 11.0. The van der Waals surface area contributed by atoms with Gasteiger partial charge >= 0.3 is 0 Å². The first-order chi connectivity index (χ1) is 18.7. The van der Waals surface area contributed by atoms with Crippen LogP contribution < -0.4 is 21.1 Å². The fourth-order valence-corrected chi connectivity index (χ4v) is 4.10. The van der Waals surface area contributed by atoms with E-state index in [-0.39, 0.29) is 30.8 Å². The van der Waals surface area contributed by atoms with Gasteiger partial charge in [0.2, 0.25) is 5.91 Å². The zero-order valence-corrected chi connectivity index (χ0v) is 22.0. The second kappa shape index (κ2) is 11.8. The van der Waals surface area contributed by atoms with Crippen molar-refractivity contribution in [3.63, 3.8) is 0 Å². The molecule has 39 heavy (non-hydrogen) atoms. The van der Waals surface area contributed by atoms with Crippen molar-refractivity contribution in [1.29, 1.82) is 0 Å². The Kier molecular flexibility index (Phi) is 8.29. The monoisotopic (exact) mass is 531 g/mol. The van der Waals surface area contributed by atoms with E-state index in [0.29, 0.717) is 56.8 Å². The van der Waals surface area contributed by atoms with Crippen LogP contribution in [0.2, 0.25) is 0 Å². The van der Waals surface area contributed by atoms with Crippen LogP contribution in [-0.4, -0.2) is 37.9 Å². The van der Waals surface area contributed by atoms with Gasteiger partial charge in [-0.3, -0.25) is 14.4 Å². The number of fused-ring (bicyclic) bond motifs is 1. The van der Waals surface area contributed by atoms with E-state index in [0.717, 1.165) is 0 Å². The van der Waals surface area contributed by atoms with Crippen molar-refractivity contribution in [3.8, 4) is 28.2 Å². The summed E-state index contributed by atoms with van der Waals surface area (Å²) < 4.78 is 25.5. The number of ether oxygens (including phenoxy) is 1. The van der Waals surface area contributed by atoms with Crippen LogP contribution >= 0.6 is 0 Å². The molecule has 1 aromatic heterocycles. The Labute approximate surface area is 225 Å². The molecule has 0 aliphatic heterocycles. The molecule has 0 fully saturated rings. The third kappa shape index (κ3) is 6.26. The average Bonchev–Trinajstić information content (AvgIpc) is 3.30. The Morgan fingerprint density at radius 3 is 2.36 bits per heavy atom. The van der Waals surface area contributed by atoms with Gasteiger partial charge in [0.1, 0.15) is 22.9 Å². The molecule has 0 unspecified atom stereocenters. The Hall–Kier alpha value is -4.66. The third-order valence-electron chi connectivity index (χ3n) is 6.08. The number of hydrogen-bond donors (Lipinski definition) is 3. The molecule has 9 heteroatoms. The number of carbonyl (C=O) groups is 3. The lowest BCUT2D eigenvalue weighted by Gasteiger charge is -2.14. The first kappa shape index (κ1) is 27.4. The van der Waals surface area contributed by atoms with E-state index in [1.54, 1.807) is 48.5 Å². The molecule has 0 saturated heterocycles. The predicted molar refractivity (Wildman–Crippen MR) is 147 cm³/mol. The summed E-state index contributed by atoms with van der Waals surface area (Å²) in [6.45, 7) is 4.60. The molecular weight excluding hydrogens is 501 g/mol. The minimum Gasteiger partial charge on any atom is -0.492 e. The molecule has 4 N–H and O–H groups in total. The van der Waals surface area contributed by atoms with Crippen LogP contribution in [-0.2, 0) is 4.79 Å². The summed E-state index contributed by atoms with van der Waals surface area (Å²) in [5.74, 6) is -0.468. The summed E-state index contributed by atoms with van der Waals surface area (Å²) in [5.41, 5.74) is 8.24. The standard InChI is InChI=1S/C30H30FN3O5/c1-17(2)16-34-29(36)20-7-10-24(38-13-12-26(32)35)22(15-20)19-6-11-25-23(14-19)27(30(37)33-3)28(39-25)18-4-8-21(31)9-5-18/h4-11,14-15,17H,12-13,16H2,1-3H3,(H2,32,35)(H,33,37)(H,34,36). The lowest BCUT2D eigenvalue weighted by atomic mass is 9.98. The molecule has 0 aliphatic carbocycles. The number of amides is 3. The summed E-state index contributed by atoms with van der Waals surface area (Å²) in [4.78, 5) is 37.0. The minimum atomic E-state index is -0.496. The molecule has 202 valence electrons. The van der Waals surface area contributed by atoms with Gasteiger partial charge in [0.15, 0.2) is 0 Å². The van der Waals surface area contributed by atoms with Gasteiger partial charge in [-0.2, -0.15) is 0 Å². The molecule has 3 aromatic carbocycles. The van der Waals surface area contributed by atoms with Crippen LogP contribution in [0.15, 0.2) is 65.1 Å². The molecule has 0 radical (unpaired) electrons. The molecule has 4 rings (SSSR count). The van der Waals surface area contributed by atoms with E-state index in [2.05, 4.69) is 10.6 Å². The molecule has 0 saturated carbocycles. The average molecular weight is 532 g/mol. The van der Waals surface area contributed by atoms with Crippen LogP contribution in [0.3, 0.4) is 0 Å². The Morgan fingerprint density at radius 2 is 1.69 bits per heavy atom. The lowest BCUT2D eigenvalue weighted by molar-refractivity contribution is -0.118. The summed E-state index contributed by atoms with van der Waals surface area (Å²) in [5, 5.41) is 6.08. The highest BCUT2D eigenvalue weighted by atomic mass is 19.1. The molecular formula is C30H30FN3O5. The summed E-state index contributed by atoms with van der Waals surface area (Å²) >= 11 is 0. The fourth-order valence-electron chi connectivity index (χ4n) is 4.10. The van der Waals surface area contributed by atoms with Gasteiger partial charge < -0.3 is 25.5 Å². The molecule has 4 aromatic rings. The van der Waals surface area contributed by atoms with Crippen LogP contribution in [0.4, 0.5) is 4.39 Å². The Bertz CT molecular complexity index is 1530. The fraction of sp³-hybridized carbons (Fsp3) is 0.233. The van der Waals surface area contributed by atoms with Gasteiger partial charge in [-0.15, -0.1) is 0 Å². The zero-order chi connectivity index (χ0) is 28.1. The van der Waals surface area contributed by atoms with Crippen molar-refractivity contribution in [2.45, 2.75) is 20.3 Å². The van der Waals surface area contributed by atoms with Crippen molar-refractivity contribution in [1.82, 2.24) is 10.6 Å². The maximum atomic E-state index is 13.5. The first-order valence-corrected chi connectivity index (χ1v) is 12.6. The quantitative estimate of drug-likeness (QED) is 0.268. The number of nitrogens with one attached hydrogen (secondary N) is 2. The number of nitrogens with two attached hydrogens (primary N) is 1. The third-order valence-corrected chi connectivity index (χ3v) is 6.08. The van der Waals surface area contributed by atoms with Gasteiger partial charge in [-0.05, 0) is 66.1 Å². The van der Waals surface area contributed by atoms with E-state index in [1.165, 1.54) is 19.2 Å². The molecule has 3 amide bonds. The van der Waals surface area contributed by atoms with Crippen molar-refractivity contribution >= 4 is 28.7 Å². The first-order valence-electron chi connectivity index (χ1n) is 12.6. The molecule has 0 aliphatic rings. The predicted octanol–water partition coefficient (Wildman–Crippen LogP) is 4.91. The molecule has 0 bridgehead atoms. The van der Waals surface area contributed by atoms with Crippen molar-refractivity contribution < 1.29 is 27.9 Å². The van der Waals surface area contributed by atoms with Crippen molar-refractivity contribution in [2.24, 2.45) is 11.7 Å². The number of carbonyl (C=O) groups excluding carboxylic acids is 3. The summed E-state index contributed by atoms with van der Waals surface area (Å²) in [6, 6.07) is 16.0. The summed E-state index contributed by atoms with van der Waals surface area (Å²) in [7, 11) is 1.52. The van der Waals surface area contributed by atoms with Crippen LogP contribution in [0.1, 0.15) is 41.0 Å². The van der Waals surface area contributed by atoms with Crippen LogP contribution in [0.5, 0.6) is 5.75 Å². The number of furan rings is 1. The molecule has 8 nitrogen and oxygen atoms in total. The maximum absolute atomic E-state index is 13.5. The van der Waals surface area contributed by atoms with E-state index in [9.17, 15) is 18.8 Å². The largest absolute Gasteiger partial charge is 0.492 e. The highest BCUT2D eigenvalue weighted by Crippen LogP contribution is 2.38. The highest BCUT2D eigenvalue weighted by Gasteiger charge is 2.23. The van der Waals surface area contributed by atoms with E-state index < -0.39 is 11.7 Å². The second-order valence-corrected chi connectivity index (χ2v) is 9.48. The number of primary amides is 1. The number of halogens is 1. The van der Waals surface area contributed by atoms with Gasteiger partial charge in [0.25, 0.3) is 11.8 Å². The summed E-state index contributed by atoms with van der Waals surface area (Å²) in [6.07, 6.45) is 0.0265. The molecule has 1 heterocycles. The minimum absolute atomic E-state index is 0.0265. The zero-order valence-electron chi connectivity index (χ0n) is 22.0. The number of rotatable bonds is 10. The topological polar surface area (TPSA) is 124 Å². The van der Waals surface area contributed by atoms with Gasteiger partial charge in [0, 0.05) is 35.7 Å². The number of benzene rings is 3. The number of hydrogen-bond acceptors (Lipinski definition) is 5. The second-order valence-electron chi connectivity index (χ2n) is 9.48. The smallest absolute Gasteiger partial charge is 0.255 e. The SMILES string of the molecule is CNC(=O)c1c(-c2ccc(F)cc2)oc2ccc(-c3cc(C(=O)NCC(C)C)ccc3OCCC(N)=O)cc12. The lowest BCUT2D eigenvalue weighted by Crippen LogP contribution is -2.27. The van der Waals surface area contributed by atoms with Crippen molar-refractivity contribution in [2.75, 3.05) is 20.2 Å². The van der Waals surface area contributed by atoms with Crippen LogP contribution in [0.25, 0.3) is 33.4 Å². The van der Waals surface area contributed by atoms with E-state index in [1.807, 2.05) is 13.8 Å². The Morgan fingerprint density at radius 1 is 0.974 bits per heavy atom. The van der Waals surface area contributed by atoms with Crippen LogP contribution in [0, 0.1) is 11.7 Å². The van der Waals surface area contributed by atoms with Gasteiger partial charge in [-0.1, -0.05) is 19.9 Å². The Balaban J connectivity index is 1.84. The van der Waals surface area contributed by atoms with Crippen molar-refractivity contribution in [3.05, 3.63) is 77.6 Å². The van der Waals surface area contributed by atoms with Gasteiger partial charge in [0.05, 0.1) is 18.6 Å². The molecule has 0 atom stereocenters. The van der Waals surface area contributed by atoms with E-state index >= 15 is 0 Å².